The number of aliphatic hydroxyl groups excluding tert-OH is 1. The maximum atomic E-state index is 12.3. The van der Waals surface area contributed by atoms with Gasteiger partial charge in [0.2, 0.25) is 5.91 Å². The Labute approximate surface area is 113 Å². The number of primary amides is 1. The third-order valence-corrected chi connectivity index (χ3v) is 2.76. The molecule has 0 aromatic heterocycles. The third kappa shape index (κ3) is 4.06. The lowest BCUT2D eigenvalue weighted by Gasteiger charge is -2.21. The summed E-state index contributed by atoms with van der Waals surface area (Å²) in [5.74, 6) is -0.746. The number of aryl methyl sites for hydroxylation is 1. The van der Waals surface area contributed by atoms with E-state index in [-0.39, 0.29) is 19.1 Å². The van der Waals surface area contributed by atoms with Crippen molar-refractivity contribution in [3.63, 3.8) is 0 Å². The number of amides is 2. The van der Waals surface area contributed by atoms with Gasteiger partial charge in [-0.15, -0.1) is 0 Å². The molecule has 0 saturated carbocycles. The highest BCUT2D eigenvalue weighted by Crippen LogP contribution is 2.12. The van der Waals surface area contributed by atoms with Gasteiger partial charge in [-0.1, -0.05) is 6.92 Å². The van der Waals surface area contributed by atoms with E-state index in [9.17, 15) is 9.59 Å². The van der Waals surface area contributed by atoms with Gasteiger partial charge in [-0.3, -0.25) is 9.59 Å². The summed E-state index contributed by atoms with van der Waals surface area (Å²) in [7, 11) is 0. The number of nitrogens with two attached hydrogens (primary N) is 1. The molecule has 0 bridgehead atoms. The van der Waals surface area contributed by atoms with E-state index in [0.29, 0.717) is 17.7 Å². The summed E-state index contributed by atoms with van der Waals surface area (Å²) in [4.78, 5) is 25.1. The first-order valence-corrected chi connectivity index (χ1v) is 6.31. The molecule has 104 valence electrons. The minimum absolute atomic E-state index is 0.0831. The summed E-state index contributed by atoms with van der Waals surface area (Å²) >= 11 is 0. The summed E-state index contributed by atoms with van der Waals surface area (Å²) in [6.07, 6.45) is 0.806. The van der Waals surface area contributed by atoms with Crippen LogP contribution in [0.4, 0.5) is 0 Å². The fourth-order valence-electron chi connectivity index (χ4n) is 1.94. The zero-order valence-corrected chi connectivity index (χ0v) is 11.3. The van der Waals surface area contributed by atoms with E-state index >= 15 is 0 Å². The van der Waals surface area contributed by atoms with Crippen LogP contribution in [0, 0.1) is 6.92 Å². The molecule has 5 heteroatoms. The highest BCUT2D eigenvalue weighted by atomic mass is 16.3. The summed E-state index contributed by atoms with van der Waals surface area (Å²) in [5.41, 5.74) is 6.80. The molecule has 0 aliphatic rings. The number of aliphatic hydroxyl groups is 1. The Balaban J connectivity index is 3.06. The molecule has 5 nitrogen and oxygen atoms in total. The van der Waals surface area contributed by atoms with Crippen LogP contribution < -0.4 is 5.73 Å². The van der Waals surface area contributed by atoms with E-state index in [2.05, 4.69) is 0 Å². The van der Waals surface area contributed by atoms with Crippen LogP contribution in [0.2, 0.25) is 0 Å². The number of hydrogen-bond acceptors (Lipinski definition) is 3. The van der Waals surface area contributed by atoms with Crippen LogP contribution >= 0.6 is 0 Å². The first kappa shape index (κ1) is 15.2. The van der Waals surface area contributed by atoms with E-state index in [4.69, 9.17) is 10.8 Å². The van der Waals surface area contributed by atoms with Crippen LogP contribution in [0.5, 0.6) is 0 Å². The smallest absolute Gasteiger partial charge is 0.253 e. The Bertz CT molecular complexity index is 466. The third-order valence-electron chi connectivity index (χ3n) is 2.76. The van der Waals surface area contributed by atoms with Crippen LogP contribution in [-0.2, 0) is 0 Å². The molecule has 0 saturated heterocycles. The van der Waals surface area contributed by atoms with Crippen molar-refractivity contribution in [2.75, 3.05) is 19.7 Å². The molecule has 0 heterocycles. The van der Waals surface area contributed by atoms with Crippen molar-refractivity contribution in [2.24, 2.45) is 5.73 Å². The Morgan fingerprint density at radius 1 is 1.21 bits per heavy atom. The molecule has 0 atom stereocenters. The topological polar surface area (TPSA) is 83.6 Å². The Morgan fingerprint density at radius 3 is 2.37 bits per heavy atom. The van der Waals surface area contributed by atoms with Gasteiger partial charge in [0, 0.05) is 24.2 Å². The molecule has 0 radical (unpaired) electrons. The van der Waals surface area contributed by atoms with Crippen LogP contribution in [0.15, 0.2) is 18.2 Å². The molecule has 0 unspecified atom stereocenters. The summed E-state index contributed by atoms with van der Waals surface area (Å²) in [6.45, 7) is 4.54. The average Bonchev–Trinajstić information content (AvgIpc) is 2.37. The lowest BCUT2D eigenvalue weighted by atomic mass is 10.0. The average molecular weight is 264 g/mol. The van der Waals surface area contributed by atoms with Crippen molar-refractivity contribution < 1.29 is 14.7 Å². The number of hydrogen-bond donors (Lipinski definition) is 2. The first-order chi connectivity index (χ1) is 8.99. The van der Waals surface area contributed by atoms with Gasteiger partial charge in [0.1, 0.15) is 0 Å². The van der Waals surface area contributed by atoms with Gasteiger partial charge in [-0.25, -0.2) is 0 Å². The lowest BCUT2D eigenvalue weighted by molar-refractivity contribution is 0.0722. The van der Waals surface area contributed by atoms with Gasteiger partial charge in [-0.05, 0) is 37.1 Å². The zero-order chi connectivity index (χ0) is 14.4. The second kappa shape index (κ2) is 6.89. The quantitative estimate of drug-likeness (QED) is 0.802. The molecule has 3 N–H and O–H groups in total. The van der Waals surface area contributed by atoms with E-state index in [1.807, 2.05) is 6.92 Å². The highest BCUT2D eigenvalue weighted by Gasteiger charge is 2.16. The van der Waals surface area contributed by atoms with Crippen molar-refractivity contribution in [1.29, 1.82) is 0 Å². The molecular weight excluding hydrogens is 244 g/mol. The SMILES string of the molecule is CCCN(CCO)C(=O)c1cc(C)cc(C(N)=O)c1. The lowest BCUT2D eigenvalue weighted by Crippen LogP contribution is -2.34. The molecule has 0 fully saturated rings. The van der Waals surface area contributed by atoms with Gasteiger partial charge >= 0.3 is 0 Å². The zero-order valence-electron chi connectivity index (χ0n) is 11.3. The van der Waals surface area contributed by atoms with Crippen molar-refractivity contribution in [2.45, 2.75) is 20.3 Å². The standard InChI is InChI=1S/C14H20N2O3/c1-3-4-16(5-6-17)14(19)12-8-10(2)7-11(9-12)13(15)18/h7-9,17H,3-6H2,1-2H3,(H2,15,18). The predicted octanol–water partition coefficient (Wildman–Crippen LogP) is 0.938. The molecule has 1 rings (SSSR count). The minimum atomic E-state index is -0.554. The molecule has 0 spiro atoms. The Hall–Kier alpha value is -1.88. The van der Waals surface area contributed by atoms with Crippen molar-refractivity contribution in [3.8, 4) is 0 Å². The van der Waals surface area contributed by atoms with Crippen LogP contribution in [0.3, 0.4) is 0 Å². The maximum absolute atomic E-state index is 12.3. The van der Waals surface area contributed by atoms with Gasteiger partial charge in [0.15, 0.2) is 0 Å². The summed E-state index contributed by atoms with van der Waals surface area (Å²) < 4.78 is 0. The number of benzene rings is 1. The second-order valence-corrected chi connectivity index (χ2v) is 4.47. The Kier molecular flexibility index (Phi) is 5.51. The Morgan fingerprint density at radius 2 is 1.84 bits per heavy atom. The fraction of sp³-hybridized carbons (Fsp3) is 0.429. The number of carbonyl (C=O) groups excluding carboxylic acids is 2. The normalized spacial score (nSPS) is 10.3. The minimum Gasteiger partial charge on any atom is -0.395 e. The van der Waals surface area contributed by atoms with E-state index < -0.39 is 5.91 Å². The number of nitrogens with zero attached hydrogens (tertiary/aromatic N) is 1. The van der Waals surface area contributed by atoms with E-state index in [1.165, 1.54) is 6.07 Å². The fourth-order valence-corrected chi connectivity index (χ4v) is 1.94. The van der Waals surface area contributed by atoms with Crippen molar-refractivity contribution in [3.05, 3.63) is 34.9 Å². The van der Waals surface area contributed by atoms with E-state index in [0.717, 1.165) is 12.0 Å². The van der Waals surface area contributed by atoms with Crippen LogP contribution in [0.25, 0.3) is 0 Å². The monoisotopic (exact) mass is 264 g/mol. The molecule has 1 aromatic carbocycles. The van der Waals surface area contributed by atoms with Crippen LogP contribution in [-0.4, -0.2) is 41.5 Å². The highest BCUT2D eigenvalue weighted by molar-refractivity contribution is 5.99. The molecular formula is C14H20N2O3. The second-order valence-electron chi connectivity index (χ2n) is 4.47. The van der Waals surface area contributed by atoms with Gasteiger partial charge < -0.3 is 15.7 Å². The van der Waals surface area contributed by atoms with Gasteiger partial charge in [0.25, 0.3) is 5.91 Å². The predicted molar refractivity (Wildman–Crippen MR) is 73.0 cm³/mol. The van der Waals surface area contributed by atoms with E-state index in [1.54, 1.807) is 24.0 Å². The van der Waals surface area contributed by atoms with Gasteiger partial charge in [0.05, 0.1) is 6.61 Å². The summed E-state index contributed by atoms with van der Waals surface area (Å²) in [6, 6.07) is 4.86. The molecule has 19 heavy (non-hydrogen) atoms. The van der Waals surface area contributed by atoms with Gasteiger partial charge in [-0.2, -0.15) is 0 Å². The molecule has 1 aromatic rings. The maximum Gasteiger partial charge on any atom is 0.253 e. The molecule has 0 aliphatic carbocycles. The summed E-state index contributed by atoms with van der Waals surface area (Å²) in [5, 5.41) is 8.99. The van der Waals surface area contributed by atoms with Crippen molar-refractivity contribution in [1.82, 2.24) is 4.90 Å². The van der Waals surface area contributed by atoms with Crippen LogP contribution in [0.1, 0.15) is 39.6 Å². The molecule has 0 aliphatic heterocycles. The largest absolute Gasteiger partial charge is 0.395 e. The molecule has 2 amide bonds. The first-order valence-electron chi connectivity index (χ1n) is 6.31. The van der Waals surface area contributed by atoms with Crippen molar-refractivity contribution >= 4 is 11.8 Å². The number of rotatable bonds is 6. The number of carbonyl (C=O) groups is 2.